The molecule has 122 valence electrons. The lowest BCUT2D eigenvalue weighted by atomic mass is 10.1. The summed E-state index contributed by atoms with van der Waals surface area (Å²) in [6, 6.07) is 4.14. The summed E-state index contributed by atoms with van der Waals surface area (Å²) in [4.78, 5) is 22.9. The molecule has 0 bridgehead atoms. The minimum atomic E-state index is 0.147. The lowest BCUT2D eigenvalue weighted by Crippen LogP contribution is -2.30. The highest BCUT2D eigenvalue weighted by molar-refractivity contribution is 5.77. The molecule has 1 atom stereocenters. The van der Waals surface area contributed by atoms with Gasteiger partial charge < -0.3 is 9.42 Å². The molecule has 2 aromatic heterocycles. The molecular weight excluding hydrogens is 292 g/mol. The van der Waals surface area contributed by atoms with E-state index in [1.807, 2.05) is 30.9 Å². The van der Waals surface area contributed by atoms with Crippen molar-refractivity contribution in [2.24, 2.45) is 0 Å². The van der Waals surface area contributed by atoms with Crippen molar-refractivity contribution in [3.05, 3.63) is 41.8 Å². The van der Waals surface area contributed by atoms with Crippen LogP contribution in [0.5, 0.6) is 0 Å². The van der Waals surface area contributed by atoms with Gasteiger partial charge in [-0.25, -0.2) is 0 Å². The molecule has 0 aliphatic carbocycles. The number of pyridine rings is 1. The maximum Gasteiger partial charge on any atom is 0.227 e. The van der Waals surface area contributed by atoms with E-state index in [9.17, 15) is 4.79 Å². The number of rotatable bonds is 5. The normalized spacial score (nSPS) is 17.9. The molecule has 6 nitrogen and oxygen atoms in total. The van der Waals surface area contributed by atoms with Gasteiger partial charge in [0.2, 0.25) is 11.8 Å². The van der Waals surface area contributed by atoms with E-state index in [0.29, 0.717) is 24.6 Å². The Balaban J connectivity index is 1.61. The molecule has 6 heteroatoms. The Morgan fingerprint density at radius 2 is 2.17 bits per heavy atom. The topological polar surface area (TPSA) is 72.1 Å². The zero-order valence-electron chi connectivity index (χ0n) is 13.6. The lowest BCUT2D eigenvalue weighted by molar-refractivity contribution is -0.132. The summed E-state index contributed by atoms with van der Waals surface area (Å²) in [6.45, 7) is 4.85. The number of nitrogens with zero attached hydrogens (tertiary/aromatic N) is 4. The third kappa shape index (κ3) is 3.57. The van der Waals surface area contributed by atoms with Gasteiger partial charge in [-0.3, -0.25) is 9.78 Å². The van der Waals surface area contributed by atoms with Crippen LogP contribution in [0.25, 0.3) is 0 Å². The molecule has 2 aromatic rings. The monoisotopic (exact) mass is 314 g/mol. The van der Waals surface area contributed by atoms with Crippen LogP contribution in [0.3, 0.4) is 0 Å². The molecule has 0 N–H and O–H groups in total. The number of hydrogen-bond donors (Lipinski definition) is 0. The molecule has 1 aliphatic heterocycles. The fourth-order valence-electron chi connectivity index (χ4n) is 2.96. The van der Waals surface area contributed by atoms with Crippen LogP contribution in [0.15, 0.2) is 29.0 Å². The van der Waals surface area contributed by atoms with Gasteiger partial charge >= 0.3 is 0 Å². The SMILES string of the molecule is CC(C)c1noc(CCC(=O)N2CCC[C@H]2c2ccncc2)n1. The molecule has 0 radical (unpaired) electrons. The predicted octanol–water partition coefficient (Wildman–Crippen LogP) is 2.88. The highest BCUT2D eigenvalue weighted by atomic mass is 16.5. The average molecular weight is 314 g/mol. The van der Waals surface area contributed by atoms with Crippen molar-refractivity contribution in [1.82, 2.24) is 20.0 Å². The second-order valence-corrected chi connectivity index (χ2v) is 6.23. The third-order valence-electron chi connectivity index (χ3n) is 4.22. The second kappa shape index (κ2) is 6.89. The van der Waals surface area contributed by atoms with E-state index in [2.05, 4.69) is 15.1 Å². The summed E-state index contributed by atoms with van der Waals surface area (Å²) in [7, 11) is 0. The molecule has 1 amide bonds. The van der Waals surface area contributed by atoms with Crippen LogP contribution in [0.1, 0.15) is 62.3 Å². The van der Waals surface area contributed by atoms with Crippen LogP contribution in [0.4, 0.5) is 0 Å². The van der Waals surface area contributed by atoms with E-state index in [1.165, 1.54) is 0 Å². The van der Waals surface area contributed by atoms with Crippen LogP contribution in [0, 0.1) is 0 Å². The molecule has 1 saturated heterocycles. The summed E-state index contributed by atoms with van der Waals surface area (Å²) in [5.41, 5.74) is 1.16. The first-order valence-corrected chi connectivity index (χ1v) is 8.17. The summed E-state index contributed by atoms with van der Waals surface area (Å²) in [5.74, 6) is 1.62. The predicted molar refractivity (Wildman–Crippen MR) is 84.6 cm³/mol. The summed E-state index contributed by atoms with van der Waals surface area (Å²) >= 11 is 0. The van der Waals surface area contributed by atoms with Gasteiger partial charge in [0.05, 0.1) is 6.04 Å². The summed E-state index contributed by atoms with van der Waals surface area (Å²) in [6.07, 6.45) is 6.51. The Hall–Kier alpha value is -2.24. The number of carbonyl (C=O) groups excluding carboxylic acids is 1. The van der Waals surface area contributed by atoms with Gasteiger partial charge in [0, 0.05) is 37.7 Å². The van der Waals surface area contributed by atoms with E-state index in [0.717, 1.165) is 24.9 Å². The quantitative estimate of drug-likeness (QED) is 0.848. The van der Waals surface area contributed by atoms with Crippen molar-refractivity contribution in [3.63, 3.8) is 0 Å². The maximum absolute atomic E-state index is 12.6. The fourth-order valence-corrected chi connectivity index (χ4v) is 2.96. The van der Waals surface area contributed by atoms with Crippen LogP contribution < -0.4 is 0 Å². The Labute approximate surface area is 135 Å². The van der Waals surface area contributed by atoms with Crippen molar-refractivity contribution >= 4 is 5.91 Å². The highest BCUT2D eigenvalue weighted by Crippen LogP contribution is 2.32. The molecule has 1 aliphatic rings. The number of aromatic nitrogens is 3. The summed E-state index contributed by atoms with van der Waals surface area (Å²) < 4.78 is 5.21. The van der Waals surface area contributed by atoms with Crippen LogP contribution >= 0.6 is 0 Å². The van der Waals surface area contributed by atoms with Gasteiger partial charge in [0.1, 0.15) is 0 Å². The van der Waals surface area contributed by atoms with E-state index >= 15 is 0 Å². The van der Waals surface area contributed by atoms with Gasteiger partial charge in [-0.15, -0.1) is 0 Å². The van der Waals surface area contributed by atoms with Gasteiger partial charge in [-0.05, 0) is 30.5 Å². The van der Waals surface area contributed by atoms with Gasteiger partial charge in [-0.2, -0.15) is 4.98 Å². The number of likely N-dealkylation sites (tertiary alicyclic amines) is 1. The Morgan fingerprint density at radius 3 is 2.87 bits per heavy atom. The second-order valence-electron chi connectivity index (χ2n) is 6.23. The largest absolute Gasteiger partial charge is 0.339 e. The molecular formula is C17H22N4O2. The standard InChI is InChI=1S/C17H22N4O2/c1-12(2)17-19-15(23-20-17)5-6-16(22)21-11-3-4-14(21)13-7-9-18-10-8-13/h7-10,12,14H,3-6,11H2,1-2H3/t14-/m0/s1. The number of hydrogen-bond acceptors (Lipinski definition) is 5. The zero-order chi connectivity index (χ0) is 16.2. The highest BCUT2D eigenvalue weighted by Gasteiger charge is 2.29. The first kappa shape index (κ1) is 15.6. The van der Waals surface area contributed by atoms with Crippen LogP contribution in [-0.4, -0.2) is 32.5 Å². The third-order valence-corrected chi connectivity index (χ3v) is 4.22. The lowest BCUT2D eigenvalue weighted by Gasteiger charge is -2.24. The molecule has 3 rings (SSSR count). The van der Waals surface area contributed by atoms with E-state index in [-0.39, 0.29) is 17.9 Å². The van der Waals surface area contributed by atoms with Crippen molar-refractivity contribution in [2.45, 2.75) is 51.5 Å². The fraction of sp³-hybridized carbons (Fsp3) is 0.529. The van der Waals surface area contributed by atoms with Gasteiger partial charge in [0.25, 0.3) is 0 Å². The molecule has 0 saturated carbocycles. The minimum absolute atomic E-state index is 0.147. The molecule has 0 spiro atoms. The molecule has 3 heterocycles. The van der Waals surface area contributed by atoms with Crippen molar-refractivity contribution in [1.29, 1.82) is 0 Å². The Kier molecular flexibility index (Phi) is 4.69. The first-order chi connectivity index (χ1) is 11.1. The van der Waals surface area contributed by atoms with Gasteiger partial charge in [0.15, 0.2) is 5.82 Å². The number of carbonyl (C=O) groups is 1. The molecule has 0 unspecified atom stereocenters. The van der Waals surface area contributed by atoms with Crippen LogP contribution in [0.2, 0.25) is 0 Å². The van der Waals surface area contributed by atoms with Crippen molar-refractivity contribution in [3.8, 4) is 0 Å². The zero-order valence-corrected chi connectivity index (χ0v) is 13.6. The van der Waals surface area contributed by atoms with E-state index in [4.69, 9.17) is 4.52 Å². The Bertz CT molecular complexity index is 654. The average Bonchev–Trinajstić information content (AvgIpc) is 3.23. The molecule has 0 aromatic carbocycles. The summed E-state index contributed by atoms with van der Waals surface area (Å²) in [5, 5.41) is 3.94. The van der Waals surface area contributed by atoms with E-state index in [1.54, 1.807) is 12.4 Å². The number of amides is 1. The molecule has 1 fully saturated rings. The first-order valence-electron chi connectivity index (χ1n) is 8.17. The maximum atomic E-state index is 12.6. The molecule has 23 heavy (non-hydrogen) atoms. The Morgan fingerprint density at radius 1 is 1.39 bits per heavy atom. The van der Waals surface area contributed by atoms with Crippen molar-refractivity contribution < 1.29 is 9.32 Å². The minimum Gasteiger partial charge on any atom is -0.339 e. The van der Waals surface area contributed by atoms with Crippen LogP contribution in [-0.2, 0) is 11.2 Å². The van der Waals surface area contributed by atoms with E-state index < -0.39 is 0 Å². The van der Waals surface area contributed by atoms with Crippen molar-refractivity contribution in [2.75, 3.05) is 6.54 Å². The number of aryl methyl sites for hydroxylation is 1. The smallest absolute Gasteiger partial charge is 0.227 e. The van der Waals surface area contributed by atoms with Gasteiger partial charge in [-0.1, -0.05) is 19.0 Å².